The van der Waals surface area contributed by atoms with Gasteiger partial charge in [0.2, 0.25) is 0 Å². The minimum absolute atomic E-state index is 0.0203. The summed E-state index contributed by atoms with van der Waals surface area (Å²) in [5.74, 6) is 0.986. The van der Waals surface area contributed by atoms with Crippen molar-refractivity contribution in [3.05, 3.63) is 42.5 Å². The summed E-state index contributed by atoms with van der Waals surface area (Å²) in [6.07, 6.45) is 0. The molecule has 0 aliphatic carbocycles. The molecule has 0 radical (unpaired) electrons. The maximum atomic E-state index is 9.55. The van der Waals surface area contributed by atoms with Gasteiger partial charge in [0.25, 0.3) is 0 Å². The van der Waals surface area contributed by atoms with Gasteiger partial charge in [-0.25, -0.2) is 0 Å². The number of aromatic hydroxyl groups is 2. The summed E-state index contributed by atoms with van der Waals surface area (Å²) in [6, 6.07) is 10.8. The predicted octanol–water partition coefficient (Wildman–Crippen LogP) is 2.47. The van der Waals surface area contributed by atoms with Crippen LogP contribution in [0.3, 0.4) is 0 Å². The number of nitrogens with two attached hydrogens (primary N) is 1. The van der Waals surface area contributed by atoms with Crippen LogP contribution in [0, 0.1) is 0 Å². The fourth-order valence-corrected chi connectivity index (χ4v) is 1.26. The molecule has 0 amide bonds. The van der Waals surface area contributed by atoms with E-state index in [1.807, 2.05) is 0 Å². The average Bonchev–Trinajstić information content (AvgIpc) is 2.25. The smallest absolute Gasteiger partial charge is 0.169 e. The van der Waals surface area contributed by atoms with Crippen LogP contribution in [0.5, 0.6) is 23.0 Å². The summed E-state index contributed by atoms with van der Waals surface area (Å²) in [7, 11) is 0. The summed E-state index contributed by atoms with van der Waals surface area (Å²) in [5.41, 5.74) is 5.96. The lowest BCUT2D eigenvalue weighted by Gasteiger charge is -2.07. The zero-order chi connectivity index (χ0) is 11.5. The van der Waals surface area contributed by atoms with Gasteiger partial charge in [-0.15, -0.1) is 0 Å². The third-order valence-electron chi connectivity index (χ3n) is 2.05. The largest absolute Gasteiger partial charge is 0.508 e. The van der Waals surface area contributed by atoms with Crippen molar-refractivity contribution in [1.29, 1.82) is 0 Å². The van der Waals surface area contributed by atoms with E-state index < -0.39 is 0 Å². The second kappa shape index (κ2) is 4.02. The second-order valence-corrected chi connectivity index (χ2v) is 3.32. The zero-order valence-corrected chi connectivity index (χ0v) is 8.42. The number of phenolic OH excluding ortho intramolecular Hbond substituents is 2. The highest BCUT2D eigenvalue weighted by Crippen LogP contribution is 2.32. The van der Waals surface area contributed by atoms with E-state index in [-0.39, 0.29) is 11.5 Å². The van der Waals surface area contributed by atoms with E-state index in [2.05, 4.69) is 0 Å². The zero-order valence-electron chi connectivity index (χ0n) is 8.42. The molecule has 82 valence electrons. The van der Waals surface area contributed by atoms with Crippen LogP contribution in [-0.2, 0) is 0 Å². The van der Waals surface area contributed by atoms with E-state index in [1.165, 1.54) is 18.2 Å². The first-order valence-electron chi connectivity index (χ1n) is 4.70. The lowest BCUT2D eigenvalue weighted by Crippen LogP contribution is -1.87. The predicted molar refractivity (Wildman–Crippen MR) is 60.7 cm³/mol. The molecule has 0 aliphatic heterocycles. The number of hydrogen-bond acceptors (Lipinski definition) is 4. The fourth-order valence-electron chi connectivity index (χ4n) is 1.26. The lowest BCUT2D eigenvalue weighted by atomic mass is 10.3. The molecule has 0 saturated heterocycles. The normalized spacial score (nSPS) is 10.0. The fraction of sp³-hybridized carbons (Fsp3) is 0. The molecule has 0 saturated carbocycles. The third-order valence-corrected chi connectivity index (χ3v) is 2.05. The van der Waals surface area contributed by atoms with Crippen LogP contribution in [-0.4, -0.2) is 10.2 Å². The topological polar surface area (TPSA) is 75.7 Å². The van der Waals surface area contributed by atoms with E-state index >= 15 is 0 Å². The van der Waals surface area contributed by atoms with Gasteiger partial charge in [0.15, 0.2) is 11.5 Å². The molecule has 0 aliphatic rings. The number of rotatable bonds is 2. The van der Waals surface area contributed by atoms with Gasteiger partial charge in [-0.2, -0.15) is 0 Å². The van der Waals surface area contributed by atoms with Gasteiger partial charge in [-0.05, 0) is 36.4 Å². The molecular weight excluding hydrogens is 206 g/mol. The van der Waals surface area contributed by atoms with E-state index in [1.54, 1.807) is 24.3 Å². The van der Waals surface area contributed by atoms with Gasteiger partial charge < -0.3 is 20.7 Å². The van der Waals surface area contributed by atoms with Crippen molar-refractivity contribution in [3.8, 4) is 23.0 Å². The van der Waals surface area contributed by atoms with Crippen LogP contribution in [0.15, 0.2) is 42.5 Å². The molecule has 4 heteroatoms. The number of benzene rings is 2. The second-order valence-electron chi connectivity index (χ2n) is 3.32. The minimum atomic E-state index is -0.0203. The molecule has 0 aromatic heterocycles. The summed E-state index contributed by atoms with van der Waals surface area (Å²) in [6.45, 7) is 0. The third kappa shape index (κ3) is 2.17. The highest BCUT2D eigenvalue weighted by molar-refractivity contribution is 5.52. The average molecular weight is 217 g/mol. The number of anilines is 1. The van der Waals surface area contributed by atoms with Crippen LogP contribution < -0.4 is 10.5 Å². The van der Waals surface area contributed by atoms with Crippen LogP contribution in [0.25, 0.3) is 0 Å². The number of nitrogen functional groups attached to an aromatic ring is 1. The summed E-state index contributed by atoms with van der Waals surface area (Å²) in [4.78, 5) is 0. The van der Waals surface area contributed by atoms with Crippen molar-refractivity contribution in [1.82, 2.24) is 0 Å². The Hall–Kier alpha value is -2.36. The minimum Gasteiger partial charge on any atom is -0.508 e. The Morgan fingerprint density at radius 1 is 0.938 bits per heavy atom. The molecular formula is C12H11NO3. The molecule has 2 aromatic carbocycles. The molecule has 0 bridgehead atoms. The van der Waals surface area contributed by atoms with Gasteiger partial charge in [0.1, 0.15) is 11.5 Å². The Labute approximate surface area is 92.5 Å². The van der Waals surface area contributed by atoms with Crippen LogP contribution in [0.2, 0.25) is 0 Å². The van der Waals surface area contributed by atoms with Crippen LogP contribution in [0.4, 0.5) is 5.69 Å². The molecule has 4 N–H and O–H groups in total. The molecule has 4 nitrogen and oxygen atoms in total. The van der Waals surface area contributed by atoms with Gasteiger partial charge in [0.05, 0.1) is 0 Å². The van der Waals surface area contributed by atoms with E-state index in [0.29, 0.717) is 17.2 Å². The van der Waals surface area contributed by atoms with Gasteiger partial charge in [-0.1, -0.05) is 0 Å². The number of hydrogen-bond donors (Lipinski definition) is 3. The Kier molecular flexibility index (Phi) is 2.55. The first kappa shape index (κ1) is 10.2. The first-order chi connectivity index (χ1) is 7.65. The molecule has 0 fully saturated rings. The Bertz CT molecular complexity index is 494. The van der Waals surface area contributed by atoms with Gasteiger partial charge in [-0.3, -0.25) is 0 Å². The number of ether oxygens (including phenoxy) is 1. The van der Waals surface area contributed by atoms with Crippen LogP contribution in [0.1, 0.15) is 0 Å². The molecule has 16 heavy (non-hydrogen) atoms. The maximum Gasteiger partial charge on any atom is 0.169 e. The van der Waals surface area contributed by atoms with Crippen molar-refractivity contribution in [2.75, 3.05) is 5.73 Å². The Morgan fingerprint density at radius 2 is 1.62 bits per heavy atom. The van der Waals surface area contributed by atoms with Crippen molar-refractivity contribution in [2.45, 2.75) is 0 Å². The summed E-state index contributed by atoms with van der Waals surface area (Å²) in [5, 5.41) is 18.6. The van der Waals surface area contributed by atoms with Crippen LogP contribution >= 0.6 is 0 Å². The molecule has 0 atom stereocenters. The van der Waals surface area contributed by atoms with E-state index in [0.717, 1.165) is 0 Å². The van der Waals surface area contributed by atoms with Crippen molar-refractivity contribution in [2.24, 2.45) is 0 Å². The first-order valence-corrected chi connectivity index (χ1v) is 4.70. The summed E-state index contributed by atoms with van der Waals surface area (Å²) >= 11 is 0. The van der Waals surface area contributed by atoms with Gasteiger partial charge in [0, 0.05) is 11.8 Å². The van der Waals surface area contributed by atoms with E-state index in [4.69, 9.17) is 15.6 Å². The molecule has 2 rings (SSSR count). The molecule has 2 aromatic rings. The Balaban J connectivity index is 2.23. The maximum absolute atomic E-state index is 9.55. The van der Waals surface area contributed by atoms with Gasteiger partial charge >= 0.3 is 0 Å². The Morgan fingerprint density at radius 3 is 2.25 bits per heavy atom. The van der Waals surface area contributed by atoms with Crippen molar-refractivity contribution < 1.29 is 14.9 Å². The number of phenols is 2. The molecule has 0 heterocycles. The molecule has 0 spiro atoms. The lowest BCUT2D eigenvalue weighted by molar-refractivity contribution is 0.410. The standard InChI is InChI=1S/C12H11NO3/c13-8-1-6-12(11(15)7-8)16-10-4-2-9(14)3-5-10/h1-7,14-15H,13H2. The highest BCUT2D eigenvalue weighted by atomic mass is 16.5. The SMILES string of the molecule is Nc1ccc(Oc2ccc(O)cc2)c(O)c1. The summed E-state index contributed by atoms with van der Waals surface area (Å²) < 4.78 is 5.40. The highest BCUT2D eigenvalue weighted by Gasteiger charge is 2.03. The van der Waals surface area contributed by atoms with Crippen molar-refractivity contribution in [3.63, 3.8) is 0 Å². The van der Waals surface area contributed by atoms with Crippen molar-refractivity contribution >= 4 is 5.69 Å². The van der Waals surface area contributed by atoms with E-state index in [9.17, 15) is 5.11 Å². The monoisotopic (exact) mass is 217 g/mol. The molecule has 0 unspecified atom stereocenters. The quantitative estimate of drug-likeness (QED) is 0.675.